The number of nitrogens with zero attached hydrogens (tertiary/aromatic N) is 3. The number of aromatic nitrogens is 2. The Hall–Kier alpha value is -1.85. The van der Waals surface area contributed by atoms with Gasteiger partial charge >= 0.3 is 0 Å². The molecule has 1 aromatic rings. The van der Waals surface area contributed by atoms with Crippen molar-refractivity contribution in [2.24, 2.45) is 4.99 Å². The van der Waals surface area contributed by atoms with Gasteiger partial charge in [-0.3, -0.25) is 0 Å². The quantitative estimate of drug-likeness (QED) is 0.672. The van der Waals surface area contributed by atoms with Crippen LogP contribution in [0.4, 0.5) is 0 Å². The topological polar surface area (TPSA) is 72.5 Å². The second kappa shape index (κ2) is 4.40. The first-order chi connectivity index (χ1) is 6.58. The van der Waals surface area contributed by atoms with Gasteiger partial charge in [-0.1, -0.05) is 5.16 Å². The van der Waals surface area contributed by atoms with Crippen molar-refractivity contribution >= 4 is 5.84 Å². The van der Waals surface area contributed by atoms with Crippen LogP contribution < -0.4 is 5.48 Å². The molecule has 6 nitrogen and oxygen atoms in total. The fourth-order valence-corrected chi connectivity index (χ4v) is 0.766. The zero-order valence-electron chi connectivity index (χ0n) is 8.37. The number of amidine groups is 1. The number of aliphatic imine (C=N–C) groups is 1. The van der Waals surface area contributed by atoms with Gasteiger partial charge in [-0.25, -0.2) is 5.48 Å². The summed E-state index contributed by atoms with van der Waals surface area (Å²) in [5.41, 5.74) is 2.52. The van der Waals surface area contributed by atoms with E-state index in [4.69, 9.17) is 0 Å². The van der Waals surface area contributed by atoms with E-state index >= 15 is 0 Å². The number of hydroxylamine groups is 1. The molecule has 0 bridgehead atoms. The maximum Gasteiger partial charge on any atom is 0.240 e. The van der Waals surface area contributed by atoms with Gasteiger partial charge in [0, 0.05) is 6.92 Å². The van der Waals surface area contributed by atoms with E-state index in [-0.39, 0.29) is 0 Å². The Morgan fingerprint density at radius 3 is 2.14 bits per heavy atom. The van der Waals surface area contributed by atoms with Crippen LogP contribution in [-0.4, -0.2) is 16.0 Å². The van der Waals surface area contributed by atoms with Crippen LogP contribution in [0.15, 0.2) is 22.0 Å². The highest BCUT2D eigenvalue weighted by atomic mass is 16.7. The Morgan fingerprint density at radius 2 is 2.00 bits per heavy atom. The summed E-state index contributed by atoms with van der Waals surface area (Å²) in [6, 6.07) is 0. The molecule has 14 heavy (non-hydrogen) atoms. The van der Waals surface area contributed by atoms with Crippen LogP contribution in [0, 0.1) is 13.8 Å². The van der Waals surface area contributed by atoms with Crippen molar-refractivity contribution in [3.8, 4) is 0 Å². The van der Waals surface area contributed by atoms with Crippen LogP contribution in [-0.2, 0) is 4.84 Å². The number of nitrogens with one attached hydrogen (secondary N) is 1. The molecule has 0 atom stereocenters. The summed E-state index contributed by atoms with van der Waals surface area (Å²) in [5, 5.41) is 3.53. The zero-order chi connectivity index (χ0) is 10.6. The van der Waals surface area contributed by atoms with Crippen LogP contribution in [0.1, 0.15) is 18.6 Å². The van der Waals surface area contributed by atoms with Crippen LogP contribution in [0.2, 0.25) is 0 Å². The lowest BCUT2D eigenvalue weighted by atomic mass is 10.7. The standard InChI is InChI=1S/2C4H6N2O/c2*1-3-5-4(2)7-6-3/h1-2H3;2H2,1H3,(H,5,6). The first kappa shape index (κ1) is 10.2. The largest absolute Gasteiger partial charge is 0.361 e. The third-order valence-corrected chi connectivity index (χ3v) is 1.24. The highest BCUT2D eigenvalue weighted by Crippen LogP contribution is 1.98. The molecule has 0 spiro atoms. The van der Waals surface area contributed by atoms with Crippen molar-refractivity contribution in [2.75, 3.05) is 0 Å². The summed E-state index contributed by atoms with van der Waals surface area (Å²) < 4.78 is 4.60. The number of aryl methyl sites for hydroxylation is 2. The summed E-state index contributed by atoms with van der Waals surface area (Å²) in [6.45, 7) is 8.79. The third-order valence-electron chi connectivity index (χ3n) is 1.24. The zero-order valence-corrected chi connectivity index (χ0v) is 8.37. The van der Waals surface area contributed by atoms with Gasteiger partial charge in [0.05, 0.1) is 0 Å². The maximum absolute atomic E-state index is 4.62. The van der Waals surface area contributed by atoms with Crippen molar-refractivity contribution in [1.29, 1.82) is 0 Å². The molecule has 0 aromatic carbocycles. The molecule has 76 valence electrons. The molecular weight excluding hydrogens is 184 g/mol. The van der Waals surface area contributed by atoms with Crippen molar-refractivity contribution in [3.63, 3.8) is 0 Å². The molecule has 0 radical (unpaired) electrons. The lowest BCUT2D eigenvalue weighted by molar-refractivity contribution is 0.178. The van der Waals surface area contributed by atoms with E-state index in [1.165, 1.54) is 0 Å². The van der Waals surface area contributed by atoms with Gasteiger partial charge in [0.2, 0.25) is 11.8 Å². The minimum atomic E-state index is 0.428. The highest BCUT2D eigenvalue weighted by Gasteiger charge is 2.01. The van der Waals surface area contributed by atoms with E-state index in [9.17, 15) is 0 Å². The van der Waals surface area contributed by atoms with E-state index in [1.807, 2.05) is 0 Å². The number of rotatable bonds is 0. The van der Waals surface area contributed by atoms with Crippen molar-refractivity contribution in [3.05, 3.63) is 24.2 Å². The van der Waals surface area contributed by atoms with Crippen LogP contribution in [0.3, 0.4) is 0 Å². The van der Waals surface area contributed by atoms with Gasteiger partial charge in [-0.2, -0.15) is 9.98 Å². The summed E-state index contributed by atoms with van der Waals surface area (Å²) >= 11 is 0. The van der Waals surface area contributed by atoms with E-state index in [0.29, 0.717) is 17.6 Å². The van der Waals surface area contributed by atoms with E-state index < -0.39 is 0 Å². The molecule has 2 heterocycles. The van der Waals surface area contributed by atoms with E-state index in [2.05, 4.69) is 36.6 Å². The van der Waals surface area contributed by atoms with Gasteiger partial charge < -0.3 is 9.36 Å². The SMILES string of the molecule is C=C1N=C(C)NO1.Cc1noc(C)n1. The van der Waals surface area contributed by atoms with Crippen molar-refractivity contribution in [1.82, 2.24) is 15.6 Å². The smallest absolute Gasteiger partial charge is 0.240 e. The number of hydrogen-bond donors (Lipinski definition) is 1. The summed E-state index contributed by atoms with van der Waals surface area (Å²) in [7, 11) is 0. The minimum absolute atomic E-state index is 0.428. The average molecular weight is 196 g/mol. The Balaban J connectivity index is 0.000000140. The second-order valence-electron chi connectivity index (χ2n) is 2.66. The summed E-state index contributed by atoms with van der Waals surface area (Å²) in [6.07, 6.45) is 0. The fourth-order valence-electron chi connectivity index (χ4n) is 0.766. The molecule has 0 unspecified atom stereocenters. The van der Waals surface area contributed by atoms with Crippen molar-refractivity contribution in [2.45, 2.75) is 20.8 Å². The molecule has 1 aliphatic heterocycles. The van der Waals surface area contributed by atoms with E-state index in [1.54, 1.807) is 20.8 Å². The van der Waals surface area contributed by atoms with Gasteiger partial charge in [0.15, 0.2) is 5.82 Å². The Labute approximate surface area is 81.6 Å². The summed E-state index contributed by atoms with van der Waals surface area (Å²) in [4.78, 5) is 12.2. The average Bonchev–Trinajstić information content (AvgIpc) is 2.63. The Kier molecular flexibility index (Phi) is 3.22. The predicted molar refractivity (Wildman–Crippen MR) is 50.2 cm³/mol. The van der Waals surface area contributed by atoms with Gasteiger partial charge in [-0.05, 0) is 20.4 Å². The van der Waals surface area contributed by atoms with E-state index in [0.717, 1.165) is 5.84 Å². The molecule has 1 aromatic heterocycles. The summed E-state index contributed by atoms with van der Waals surface area (Å²) in [5.74, 6) is 2.50. The molecular formula is C8H12N4O2. The molecule has 6 heteroatoms. The third kappa shape index (κ3) is 3.26. The maximum atomic E-state index is 4.62. The fraction of sp³-hybridized carbons (Fsp3) is 0.375. The van der Waals surface area contributed by atoms with Crippen LogP contribution in [0.25, 0.3) is 0 Å². The monoisotopic (exact) mass is 196 g/mol. The van der Waals surface area contributed by atoms with Crippen molar-refractivity contribution < 1.29 is 9.36 Å². The molecule has 0 saturated carbocycles. The first-order valence-corrected chi connectivity index (χ1v) is 4.02. The molecule has 1 aliphatic rings. The predicted octanol–water partition coefficient (Wildman–Crippen LogP) is 1.10. The minimum Gasteiger partial charge on any atom is -0.361 e. The molecule has 2 rings (SSSR count). The second-order valence-corrected chi connectivity index (χ2v) is 2.66. The Bertz CT molecular complexity index is 339. The molecule has 0 saturated heterocycles. The van der Waals surface area contributed by atoms with Gasteiger partial charge in [0.1, 0.15) is 5.84 Å². The number of hydrogen-bond acceptors (Lipinski definition) is 6. The van der Waals surface area contributed by atoms with Gasteiger partial charge in [0.25, 0.3) is 0 Å². The normalized spacial score (nSPS) is 13.6. The Morgan fingerprint density at radius 1 is 1.29 bits per heavy atom. The molecule has 0 aliphatic carbocycles. The lowest BCUT2D eigenvalue weighted by Crippen LogP contribution is -2.11. The molecule has 1 N–H and O–H groups in total. The van der Waals surface area contributed by atoms with Crippen LogP contribution >= 0.6 is 0 Å². The molecule has 0 amide bonds. The van der Waals surface area contributed by atoms with Gasteiger partial charge in [-0.15, -0.1) is 0 Å². The highest BCUT2D eigenvalue weighted by molar-refractivity contribution is 5.80. The first-order valence-electron chi connectivity index (χ1n) is 4.02. The molecule has 0 fully saturated rings. The van der Waals surface area contributed by atoms with Crippen LogP contribution in [0.5, 0.6) is 0 Å². The lowest BCUT2D eigenvalue weighted by Gasteiger charge is -1.89.